The van der Waals surface area contributed by atoms with Crippen LogP contribution in [-0.2, 0) is 0 Å². The number of hydrogen-bond donors (Lipinski definition) is 2. The van der Waals surface area contributed by atoms with Gasteiger partial charge in [0, 0.05) is 24.2 Å². The van der Waals surface area contributed by atoms with Crippen molar-refractivity contribution in [2.45, 2.75) is 26.7 Å². The number of aromatic nitrogens is 2. The van der Waals surface area contributed by atoms with Gasteiger partial charge in [-0.25, -0.2) is 9.78 Å². The molecule has 2 heterocycles. The number of carboxylic acids is 1. The highest BCUT2D eigenvalue weighted by Gasteiger charge is 2.17. The maximum absolute atomic E-state index is 12.0. The average Bonchev–Trinajstić information content (AvgIpc) is 2.83. The highest BCUT2D eigenvalue weighted by atomic mass is 16.5. The minimum atomic E-state index is -1.13. The zero-order valence-corrected chi connectivity index (χ0v) is 12.6. The zero-order valence-electron chi connectivity index (χ0n) is 12.6. The van der Waals surface area contributed by atoms with Gasteiger partial charge in [0.05, 0.1) is 11.3 Å². The first-order chi connectivity index (χ1) is 10.4. The monoisotopic (exact) mass is 303 g/mol. The lowest BCUT2D eigenvalue weighted by Crippen LogP contribution is -2.28. The molecule has 2 N–H and O–H groups in total. The minimum absolute atomic E-state index is 0.0569. The molecule has 1 atom stereocenters. The van der Waals surface area contributed by atoms with E-state index in [1.165, 1.54) is 18.3 Å². The Balaban J connectivity index is 1.99. The van der Waals surface area contributed by atoms with Gasteiger partial charge in [0.15, 0.2) is 0 Å². The fourth-order valence-electron chi connectivity index (χ4n) is 2.30. The number of carbonyl (C=O) groups excluding carboxylic acids is 1. The SMILES string of the molecule is Cc1noc(C)c1C(C)CNC(=O)c1ccc(C(=O)O)nc1. The molecule has 22 heavy (non-hydrogen) atoms. The number of hydrogen-bond acceptors (Lipinski definition) is 5. The van der Waals surface area contributed by atoms with Crippen molar-refractivity contribution >= 4 is 11.9 Å². The fraction of sp³-hybridized carbons (Fsp3) is 0.333. The average molecular weight is 303 g/mol. The Morgan fingerprint density at radius 3 is 2.59 bits per heavy atom. The quantitative estimate of drug-likeness (QED) is 0.874. The Morgan fingerprint density at radius 1 is 1.36 bits per heavy atom. The third-order valence-corrected chi connectivity index (χ3v) is 3.39. The van der Waals surface area contributed by atoms with Crippen molar-refractivity contribution in [3.63, 3.8) is 0 Å². The fourth-order valence-corrected chi connectivity index (χ4v) is 2.30. The highest BCUT2D eigenvalue weighted by molar-refractivity contribution is 5.94. The normalized spacial score (nSPS) is 12.0. The second-order valence-corrected chi connectivity index (χ2v) is 5.09. The van der Waals surface area contributed by atoms with Gasteiger partial charge >= 0.3 is 5.97 Å². The molecule has 0 spiro atoms. The van der Waals surface area contributed by atoms with Crippen molar-refractivity contribution in [1.82, 2.24) is 15.5 Å². The van der Waals surface area contributed by atoms with Crippen molar-refractivity contribution in [3.05, 3.63) is 46.6 Å². The van der Waals surface area contributed by atoms with Crippen LogP contribution in [-0.4, -0.2) is 33.7 Å². The molecule has 0 aromatic carbocycles. The first kappa shape index (κ1) is 15.7. The first-order valence-corrected chi connectivity index (χ1v) is 6.80. The van der Waals surface area contributed by atoms with Gasteiger partial charge in [-0.2, -0.15) is 0 Å². The summed E-state index contributed by atoms with van der Waals surface area (Å²) in [4.78, 5) is 26.5. The van der Waals surface area contributed by atoms with E-state index in [2.05, 4.69) is 15.5 Å². The van der Waals surface area contributed by atoms with Crippen molar-refractivity contribution < 1.29 is 19.2 Å². The van der Waals surface area contributed by atoms with Crippen LogP contribution in [0.25, 0.3) is 0 Å². The molecule has 2 aromatic heterocycles. The molecule has 0 bridgehead atoms. The maximum Gasteiger partial charge on any atom is 0.354 e. The number of carboxylic acid groups (broad SMARTS) is 1. The van der Waals surface area contributed by atoms with E-state index < -0.39 is 5.97 Å². The van der Waals surface area contributed by atoms with Crippen LogP contribution in [0.3, 0.4) is 0 Å². The third-order valence-electron chi connectivity index (χ3n) is 3.39. The van der Waals surface area contributed by atoms with E-state index in [1.54, 1.807) is 0 Å². The summed E-state index contributed by atoms with van der Waals surface area (Å²) < 4.78 is 5.12. The molecular weight excluding hydrogens is 286 g/mol. The van der Waals surface area contributed by atoms with Crippen LogP contribution in [0.15, 0.2) is 22.9 Å². The van der Waals surface area contributed by atoms with Gasteiger partial charge in [0.25, 0.3) is 5.91 Å². The lowest BCUT2D eigenvalue weighted by molar-refractivity contribution is 0.0689. The Morgan fingerprint density at radius 2 is 2.09 bits per heavy atom. The van der Waals surface area contributed by atoms with Crippen LogP contribution in [0.1, 0.15) is 50.7 Å². The van der Waals surface area contributed by atoms with Crippen LogP contribution in [0.2, 0.25) is 0 Å². The maximum atomic E-state index is 12.0. The third kappa shape index (κ3) is 3.30. The molecule has 0 aliphatic carbocycles. The molecule has 0 aliphatic rings. The summed E-state index contributed by atoms with van der Waals surface area (Å²) in [5.74, 6) is -0.629. The molecule has 0 saturated carbocycles. The zero-order chi connectivity index (χ0) is 16.3. The van der Waals surface area contributed by atoms with Crippen molar-refractivity contribution in [3.8, 4) is 0 Å². The lowest BCUT2D eigenvalue weighted by atomic mass is 9.99. The molecular formula is C15H17N3O4. The van der Waals surface area contributed by atoms with Crippen LogP contribution in [0.4, 0.5) is 0 Å². The molecule has 1 amide bonds. The Kier molecular flexibility index (Phi) is 4.55. The molecule has 0 aliphatic heterocycles. The summed E-state index contributed by atoms with van der Waals surface area (Å²) >= 11 is 0. The largest absolute Gasteiger partial charge is 0.477 e. The molecule has 2 aromatic rings. The number of aromatic carboxylic acids is 1. The second-order valence-electron chi connectivity index (χ2n) is 5.09. The molecule has 0 saturated heterocycles. The van der Waals surface area contributed by atoms with Gasteiger partial charge in [0.1, 0.15) is 11.5 Å². The second kappa shape index (κ2) is 6.38. The lowest BCUT2D eigenvalue weighted by Gasteiger charge is -2.12. The molecule has 1 unspecified atom stereocenters. The van der Waals surface area contributed by atoms with E-state index in [-0.39, 0.29) is 17.5 Å². The molecule has 7 nitrogen and oxygen atoms in total. The summed E-state index contributed by atoms with van der Waals surface area (Å²) in [6.45, 7) is 6.09. The number of rotatable bonds is 5. The predicted molar refractivity (Wildman–Crippen MR) is 77.9 cm³/mol. The van der Waals surface area contributed by atoms with E-state index in [0.717, 1.165) is 17.0 Å². The van der Waals surface area contributed by atoms with Crippen molar-refractivity contribution in [2.75, 3.05) is 6.54 Å². The number of nitrogens with one attached hydrogen (secondary N) is 1. The Hall–Kier alpha value is -2.70. The number of nitrogens with zero attached hydrogens (tertiary/aromatic N) is 2. The van der Waals surface area contributed by atoms with E-state index in [1.807, 2.05) is 20.8 Å². The van der Waals surface area contributed by atoms with E-state index in [0.29, 0.717) is 12.1 Å². The Bertz CT molecular complexity index is 672. The van der Waals surface area contributed by atoms with Gasteiger partial charge in [-0.1, -0.05) is 12.1 Å². The summed E-state index contributed by atoms with van der Waals surface area (Å²) in [7, 11) is 0. The van der Waals surface area contributed by atoms with Gasteiger partial charge in [0.2, 0.25) is 0 Å². The number of carbonyl (C=O) groups is 2. The molecule has 116 valence electrons. The van der Waals surface area contributed by atoms with Crippen LogP contribution in [0.5, 0.6) is 0 Å². The van der Waals surface area contributed by atoms with Gasteiger partial charge in [-0.15, -0.1) is 0 Å². The van der Waals surface area contributed by atoms with E-state index in [4.69, 9.17) is 9.63 Å². The topological polar surface area (TPSA) is 105 Å². The molecule has 2 rings (SSSR count). The van der Waals surface area contributed by atoms with Gasteiger partial charge in [-0.05, 0) is 26.0 Å². The van der Waals surface area contributed by atoms with E-state index >= 15 is 0 Å². The smallest absolute Gasteiger partial charge is 0.354 e. The summed E-state index contributed by atoms with van der Waals surface area (Å²) in [5, 5.41) is 15.5. The van der Waals surface area contributed by atoms with Crippen LogP contribution >= 0.6 is 0 Å². The number of amides is 1. The number of aryl methyl sites for hydroxylation is 2. The van der Waals surface area contributed by atoms with Crippen LogP contribution in [0, 0.1) is 13.8 Å². The minimum Gasteiger partial charge on any atom is -0.477 e. The van der Waals surface area contributed by atoms with Gasteiger partial charge in [-0.3, -0.25) is 4.79 Å². The van der Waals surface area contributed by atoms with Crippen molar-refractivity contribution in [2.24, 2.45) is 0 Å². The van der Waals surface area contributed by atoms with Crippen molar-refractivity contribution in [1.29, 1.82) is 0 Å². The number of pyridine rings is 1. The summed E-state index contributed by atoms with van der Waals surface area (Å²) in [6, 6.07) is 2.74. The predicted octanol–water partition coefficient (Wildman–Crippen LogP) is 1.92. The summed E-state index contributed by atoms with van der Waals surface area (Å²) in [5.41, 5.74) is 2.02. The molecule has 0 fully saturated rings. The highest BCUT2D eigenvalue weighted by Crippen LogP contribution is 2.22. The first-order valence-electron chi connectivity index (χ1n) is 6.80. The molecule has 7 heteroatoms. The van der Waals surface area contributed by atoms with Crippen LogP contribution < -0.4 is 5.32 Å². The summed E-state index contributed by atoms with van der Waals surface area (Å²) in [6.07, 6.45) is 1.25. The Labute approximate surface area is 127 Å². The molecule has 0 radical (unpaired) electrons. The standard InChI is InChI=1S/C15H17N3O4/c1-8(13-9(2)18-22-10(13)3)6-17-14(19)11-4-5-12(15(20)21)16-7-11/h4-5,7-8H,6H2,1-3H3,(H,17,19)(H,20,21). The van der Waals surface area contributed by atoms with Gasteiger partial charge < -0.3 is 14.9 Å². The van der Waals surface area contributed by atoms with E-state index in [9.17, 15) is 9.59 Å².